The van der Waals surface area contributed by atoms with Crippen molar-refractivity contribution in [1.82, 2.24) is 5.32 Å². The molecule has 1 rings (SSSR count). The summed E-state index contributed by atoms with van der Waals surface area (Å²) in [6.07, 6.45) is 0. The van der Waals surface area contributed by atoms with E-state index in [0.29, 0.717) is 13.1 Å². The normalized spacial score (nSPS) is 13.8. The Morgan fingerprint density at radius 3 is 2.39 bits per heavy atom. The van der Waals surface area contributed by atoms with Crippen LogP contribution in [0.1, 0.15) is 24.8 Å². The monoisotopic (exact) mass is 289 g/mol. The molecule has 0 fully saturated rings. The second-order valence-corrected chi connectivity index (χ2v) is 7.70. The molecule has 0 saturated carbocycles. The molecular formula is C13H20ClNO2S. The Hall–Kier alpha value is -0.580. The molecule has 1 aromatic carbocycles. The molecule has 1 aromatic rings. The molecule has 0 spiro atoms. The first kappa shape index (κ1) is 15.5. The summed E-state index contributed by atoms with van der Waals surface area (Å²) < 4.78 is 23.1. The number of rotatable bonds is 7. The van der Waals surface area contributed by atoms with Gasteiger partial charge in [-0.1, -0.05) is 30.3 Å². The van der Waals surface area contributed by atoms with Gasteiger partial charge in [0.1, 0.15) is 0 Å². The van der Waals surface area contributed by atoms with Crippen molar-refractivity contribution in [3.8, 4) is 0 Å². The molecule has 0 aliphatic rings. The van der Waals surface area contributed by atoms with Gasteiger partial charge in [0.05, 0.1) is 16.4 Å². The summed E-state index contributed by atoms with van der Waals surface area (Å²) in [5.74, 6) is 0.156. The lowest BCUT2D eigenvalue weighted by molar-refractivity contribution is 0.582. The maximum Gasteiger partial charge on any atom is 0.153 e. The Bertz CT molecular complexity index is 445. The molecular weight excluding hydrogens is 270 g/mol. The Morgan fingerprint density at radius 1 is 1.22 bits per heavy atom. The van der Waals surface area contributed by atoms with Crippen LogP contribution in [0.5, 0.6) is 0 Å². The van der Waals surface area contributed by atoms with Crippen LogP contribution >= 0.6 is 11.6 Å². The minimum Gasteiger partial charge on any atom is -0.314 e. The summed E-state index contributed by atoms with van der Waals surface area (Å²) in [7, 11) is -2.97. The van der Waals surface area contributed by atoms with Crippen LogP contribution in [0.3, 0.4) is 0 Å². The highest BCUT2D eigenvalue weighted by Crippen LogP contribution is 2.18. The number of hydrogen-bond donors (Lipinski definition) is 1. The van der Waals surface area contributed by atoms with Crippen molar-refractivity contribution in [3.05, 3.63) is 35.9 Å². The first-order chi connectivity index (χ1) is 8.43. The molecule has 3 nitrogen and oxygen atoms in total. The largest absolute Gasteiger partial charge is 0.314 e. The van der Waals surface area contributed by atoms with Crippen LogP contribution in [0.4, 0.5) is 0 Å². The van der Waals surface area contributed by atoms with E-state index in [4.69, 9.17) is 11.6 Å². The molecule has 0 saturated heterocycles. The second kappa shape index (κ2) is 7.12. The van der Waals surface area contributed by atoms with E-state index in [2.05, 4.69) is 5.32 Å². The predicted octanol–water partition coefficient (Wildman–Crippen LogP) is 2.38. The number of alkyl halides is 1. The summed E-state index contributed by atoms with van der Waals surface area (Å²) in [5.41, 5.74) is 1.04. The molecule has 0 amide bonds. The lowest BCUT2D eigenvalue weighted by Gasteiger charge is -2.12. The fourth-order valence-corrected chi connectivity index (χ4v) is 2.61. The minimum atomic E-state index is -2.97. The summed E-state index contributed by atoms with van der Waals surface area (Å²) in [4.78, 5) is 0. The number of halogens is 1. The van der Waals surface area contributed by atoms with Crippen molar-refractivity contribution in [2.75, 3.05) is 18.8 Å². The Kier molecular flexibility index (Phi) is 6.12. The van der Waals surface area contributed by atoms with Crippen molar-refractivity contribution in [2.45, 2.75) is 24.5 Å². The third kappa shape index (κ3) is 4.96. The zero-order valence-electron chi connectivity index (χ0n) is 10.8. The van der Waals surface area contributed by atoms with E-state index in [1.54, 1.807) is 13.8 Å². The van der Waals surface area contributed by atoms with Gasteiger partial charge in [-0.15, -0.1) is 11.6 Å². The maximum atomic E-state index is 11.6. The molecule has 0 aromatic heterocycles. The minimum absolute atomic E-state index is 0.132. The maximum absolute atomic E-state index is 11.6. The lowest BCUT2D eigenvalue weighted by Crippen LogP contribution is -2.29. The van der Waals surface area contributed by atoms with Gasteiger partial charge >= 0.3 is 0 Å². The molecule has 0 bridgehead atoms. The third-order valence-corrected chi connectivity index (χ3v) is 5.38. The topological polar surface area (TPSA) is 46.2 Å². The van der Waals surface area contributed by atoms with Crippen LogP contribution in [-0.2, 0) is 9.84 Å². The van der Waals surface area contributed by atoms with E-state index >= 15 is 0 Å². The van der Waals surface area contributed by atoms with Crippen LogP contribution in [0.15, 0.2) is 30.3 Å². The van der Waals surface area contributed by atoms with Crippen LogP contribution in [0, 0.1) is 0 Å². The average molecular weight is 290 g/mol. The first-order valence-corrected chi connectivity index (χ1v) is 8.20. The van der Waals surface area contributed by atoms with Crippen molar-refractivity contribution < 1.29 is 8.42 Å². The van der Waals surface area contributed by atoms with E-state index in [1.807, 2.05) is 30.3 Å². The van der Waals surface area contributed by atoms with Gasteiger partial charge in [-0.25, -0.2) is 8.42 Å². The SMILES string of the molecule is CC(C)S(=O)(=O)CCNCC(Cl)c1ccccc1. The van der Waals surface area contributed by atoms with Gasteiger partial charge < -0.3 is 5.32 Å². The number of nitrogens with one attached hydrogen (secondary N) is 1. The zero-order chi connectivity index (χ0) is 13.6. The van der Waals surface area contributed by atoms with E-state index in [0.717, 1.165) is 5.56 Å². The standard InChI is InChI=1S/C13H20ClNO2S/c1-11(2)18(16,17)9-8-15-10-13(14)12-6-4-3-5-7-12/h3-7,11,13,15H,8-10H2,1-2H3. The van der Waals surface area contributed by atoms with Gasteiger partial charge in [0.2, 0.25) is 0 Å². The highest BCUT2D eigenvalue weighted by atomic mass is 35.5. The zero-order valence-corrected chi connectivity index (χ0v) is 12.3. The number of hydrogen-bond acceptors (Lipinski definition) is 3. The second-order valence-electron chi connectivity index (χ2n) is 4.50. The van der Waals surface area contributed by atoms with Gasteiger partial charge in [-0.2, -0.15) is 0 Å². The molecule has 18 heavy (non-hydrogen) atoms. The fraction of sp³-hybridized carbons (Fsp3) is 0.538. The van der Waals surface area contributed by atoms with E-state index in [-0.39, 0.29) is 16.4 Å². The van der Waals surface area contributed by atoms with E-state index in [1.165, 1.54) is 0 Å². The average Bonchev–Trinajstić information content (AvgIpc) is 2.35. The Morgan fingerprint density at radius 2 is 1.83 bits per heavy atom. The molecule has 102 valence electrons. The predicted molar refractivity (Wildman–Crippen MR) is 76.8 cm³/mol. The van der Waals surface area contributed by atoms with Crippen molar-refractivity contribution in [2.24, 2.45) is 0 Å². The Balaban J connectivity index is 2.31. The molecule has 0 aliphatic carbocycles. The highest BCUT2D eigenvalue weighted by Gasteiger charge is 2.15. The summed E-state index contributed by atoms with van der Waals surface area (Å²) >= 11 is 6.21. The van der Waals surface area contributed by atoms with Crippen molar-refractivity contribution in [3.63, 3.8) is 0 Å². The van der Waals surface area contributed by atoms with E-state index < -0.39 is 9.84 Å². The molecule has 5 heteroatoms. The van der Waals surface area contributed by atoms with Crippen LogP contribution in [0.2, 0.25) is 0 Å². The van der Waals surface area contributed by atoms with Gasteiger partial charge in [-0.3, -0.25) is 0 Å². The summed E-state index contributed by atoms with van der Waals surface area (Å²) in [6, 6.07) is 9.74. The molecule has 1 unspecified atom stereocenters. The first-order valence-electron chi connectivity index (χ1n) is 6.05. The lowest BCUT2D eigenvalue weighted by atomic mass is 10.1. The van der Waals surface area contributed by atoms with Gasteiger partial charge in [0.15, 0.2) is 9.84 Å². The van der Waals surface area contributed by atoms with E-state index in [9.17, 15) is 8.42 Å². The molecule has 0 heterocycles. The van der Waals surface area contributed by atoms with Crippen LogP contribution in [0.25, 0.3) is 0 Å². The van der Waals surface area contributed by atoms with Crippen molar-refractivity contribution >= 4 is 21.4 Å². The van der Waals surface area contributed by atoms with Gasteiger partial charge in [0, 0.05) is 13.1 Å². The molecule has 1 N–H and O–H groups in total. The molecule has 0 aliphatic heterocycles. The summed E-state index contributed by atoms with van der Waals surface area (Å²) in [6.45, 7) is 4.41. The quantitative estimate of drug-likeness (QED) is 0.619. The van der Waals surface area contributed by atoms with Crippen LogP contribution in [-0.4, -0.2) is 32.5 Å². The Labute approximate surface area is 114 Å². The number of sulfone groups is 1. The van der Waals surface area contributed by atoms with Crippen LogP contribution < -0.4 is 5.32 Å². The molecule has 0 radical (unpaired) electrons. The highest BCUT2D eigenvalue weighted by molar-refractivity contribution is 7.92. The van der Waals surface area contributed by atoms with Crippen molar-refractivity contribution in [1.29, 1.82) is 0 Å². The number of benzene rings is 1. The van der Waals surface area contributed by atoms with Gasteiger partial charge in [0.25, 0.3) is 0 Å². The smallest absolute Gasteiger partial charge is 0.153 e. The summed E-state index contributed by atoms with van der Waals surface area (Å²) in [5, 5.41) is 2.63. The van der Waals surface area contributed by atoms with Gasteiger partial charge in [-0.05, 0) is 19.4 Å². The third-order valence-electron chi connectivity index (χ3n) is 2.77. The molecule has 1 atom stereocenters. The fourth-order valence-electron chi connectivity index (χ4n) is 1.46.